The monoisotopic (exact) mass is 264 g/mol. The van der Waals surface area contributed by atoms with Crippen LogP contribution < -0.4 is 0 Å². The van der Waals surface area contributed by atoms with Crippen molar-refractivity contribution in [2.45, 2.75) is 52.4 Å². The fraction of sp³-hybridized carbons (Fsp3) is 0.400. The summed E-state index contributed by atoms with van der Waals surface area (Å²) in [6.45, 7) is 11.4. The van der Waals surface area contributed by atoms with E-state index in [9.17, 15) is 0 Å². The molecular formula is C20H24. The highest BCUT2D eigenvalue weighted by molar-refractivity contribution is 5.79. The van der Waals surface area contributed by atoms with Crippen molar-refractivity contribution in [1.29, 1.82) is 0 Å². The summed E-state index contributed by atoms with van der Waals surface area (Å²) in [7, 11) is 0. The molecule has 0 aliphatic heterocycles. The fourth-order valence-electron chi connectivity index (χ4n) is 3.26. The lowest BCUT2D eigenvalue weighted by Gasteiger charge is -2.11. The molecule has 104 valence electrons. The van der Waals surface area contributed by atoms with Crippen molar-refractivity contribution < 1.29 is 0 Å². The first kappa shape index (κ1) is 13.4. The molecule has 0 unspecified atom stereocenters. The number of fused-ring (bicyclic) bond motifs is 3. The van der Waals surface area contributed by atoms with Crippen LogP contribution in [-0.2, 0) is 0 Å². The van der Waals surface area contributed by atoms with Gasteiger partial charge in [0.1, 0.15) is 0 Å². The van der Waals surface area contributed by atoms with Gasteiger partial charge in [-0.05, 0) is 45.2 Å². The second-order valence-corrected chi connectivity index (χ2v) is 6.72. The zero-order chi connectivity index (χ0) is 14.4. The maximum absolute atomic E-state index is 2.42. The number of hydrogen-bond acceptors (Lipinski definition) is 0. The molecule has 0 amide bonds. The minimum Gasteiger partial charge on any atom is -0.0587 e. The molecule has 0 heteroatoms. The van der Waals surface area contributed by atoms with Crippen LogP contribution >= 0.6 is 0 Å². The summed E-state index contributed by atoms with van der Waals surface area (Å²) >= 11 is 0. The number of benzene rings is 2. The van der Waals surface area contributed by atoms with Gasteiger partial charge in [0.25, 0.3) is 0 Å². The van der Waals surface area contributed by atoms with Gasteiger partial charge in [-0.3, -0.25) is 0 Å². The van der Waals surface area contributed by atoms with Gasteiger partial charge in [-0.2, -0.15) is 0 Å². The third-order valence-electron chi connectivity index (χ3n) is 4.71. The maximum Gasteiger partial charge on any atom is 0.00735 e. The lowest BCUT2D eigenvalue weighted by Crippen LogP contribution is -1.94. The predicted molar refractivity (Wildman–Crippen MR) is 87.6 cm³/mol. The van der Waals surface area contributed by atoms with Gasteiger partial charge in [-0.1, -0.05) is 71.0 Å². The van der Waals surface area contributed by atoms with E-state index in [-0.39, 0.29) is 0 Å². The van der Waals surface area contributed by atoms with Gasteiger partial charge in [0.2, 0.25) is 0 Å². The van der Waals surface area contributed by atoms with Crippen LogP contribution in [-0.4, -0.2) is 0 Å². The molecule has 0 N–H and O–H groups in total. The Morgan fingerprint density at radius 3 is 1.45 bits per heavy atom. The first-order valence-corrected chi connectivity index (χ1v) is 7.77. The summed E-state index contributed by atoms with van der Waals surface area (Å²) in [5.41, 5.74) is 8.79. The van der Waals surface area contributed by atoms with Crippen LogP contribution in [0.15, 0.2) is 36.4 Å². The molecule has 0 aromatic heterocycles. The number of rotatable bonds is 2. The Morgan fingerprint density at radius 2 is 1.10 bits per heavy atom. The van der Waals surface area contributed by atoms with Gasteiger partial charge in [0.05, 0.1) is 0 Å². The fourth-order valence-corrected chi connectivity index (χ4v) is 3.26. The number of hydrogen-bond donors (Lipinski definition) is 0. The van der Waals surface area contributed by atoms with Gasteiger partial charge in [-0.25, -0.2) is 0 Å². The molecule has 0 heterocycles. The standard InChI is InChI=1S/C20H24/c1-12(2)15-6-8-17-18-9-7-16(13(3)4)11-20(18)14(5)19(17)10-15/h6-14H,1-5H3. The molecule has 0 spiro atoms. The zero-order valence-corrected chi connectivity index (χ0v) is 13.2. The van der Waals surface area contributed by atoms with E-state index >= 15 is 0 Å². The van der Waals surface area contributed by atoms with Gasteiger partial charge < -0.3 is 0 Å². The molecule has 0 fully saturated rings. The molecule has 0 saturated carbocycles. The Kier molecular flexibility index (Phi) is 3.20. The maximum atomic E-state index is 2.42. The molecule has 0 radical (unpaired) electrons. The minimum absolute atomic E-state index is 0.525. The summed E-state index contributed by atoms with van der Waals surface area (Å²) < 4.78 is 0. The highest BCUT2D eigenvalue weighted by Gasteiger charge is 2.26. The molecule has 2 aromatic rings. The summed E-state index contributed by atoms with van der Waals surface area (Å²) in [4.78, 5) is 0. The van der Waals surface area contributed by atoms with Crippen molar-refractivity contribution in [3.05, 3.63) is 58.7 Å². The highest BCUT2D eigenvalue weighted by atomic mass is 14.3. The van der Waals surface area contributed by atoms with E-state index < -0.39 is 0 Å². The summed E-state index contributed by atoms with van der Waals surface area (Å²) in [6, 6.07) is 14.1. The van der Waals surface area contributed by atoms with Crippen LogP contribution in [0.1, 0.15) is 74.6 Å². The molecule has 0 saturated heterocycles. The van der Waals surface area contributed by atoms with Crippen LogP contribution in [0.4, 0.5) is 0 Å². The first-order valence-electron chi connectivity index (χ1n) is 7.77. The second kappa shape index (κ2) is 4.77. The molecule has 1 aliphatic carbocycles. The van der Waals surface area contributed by atoms with Crippen LogP contribution in [0, 0.1) is 0 Å². The molecule has 2 aromatic carbocycles. The van der Waals surface area contributed by atoms with Gasteiger partial charge in [0.15, 0.2) is 0 Å². The topological polar surface area (TPSA) is 0 Å². The van der Waals surface area contributed by atoms with E-state index in [2.05, 4.69) is 71.0 Å². The molecule has 0 atom stereocenters. The second-order valence-electron chi connectivity index (χ2n) is 6.72. The summed E-state index contributed by atoms with van der Waals surface area (Å²) in [5.74, 6) is 1.72. The Morgan fingerprint density at radius 1 is 0.700 bits per heavy atom. The Hall–Kier alpha value is -1.56. The van der Waals surface area contributed by atoms with Gasteiger partial charge >= 0.3 is 0 Å². The summed E-state index contributed by atoms with van der Waals surface area (Å²) in [6.07, 6.45) is 0. The van der Waals surface area contributed by atoms with Crippen molar-refractivity contribution in [2.24, 2.45) is 0 Å². The molecule has 20 heavy (non-hydrogen) atoms. The predicted octanol–water partition coefficient (Wildman–Crippen LogP) is 6.07. The van der Waals surface area contributed by atoms with Crippen molar-refractivity contribution >= 4 is 0 Å². The minimum atomic E-state index is 0.525. The van der Waals surface area contributed by atoms with Crippen molar-refractivity contribution in [1.82, 2.24) is 0 Å². The van der Waals surface area contributed by atoms with Crippen molar-refractivity contribution in [3.63, 3.8) is 0 Å². The van der Waals surface area contributed by atoms with E-state index in [1.54, 1.807) is 0 Å². The Bertz CT molecular complexity index is 590. The Balaban J connectivity index is 2.13. The average Bonchev–Trinajstić information content (AvgIpc) is 2.71. The molecule has 3 rings (SSSR count). The van der Waals surface area contributed by atoms with Crippen LogP contribution in [0.5, 0.6) is 0 Å². The third kappa shape index (κ3) is 1.98. The normalized spacial score (nSPS) is 13.9. The van der Waals surface area contributed by atoms with E-state index in [4.69, 9.17) is 0 Å². The van der Waals surface area contributed by atoms with Crippen molar-refractivity contribution in [2.75, 3.05) is 0 Å². The van der Waals surface area contributed by atoms with E-state index in [0.29, 0.717) is 17.8 Å². The quantitative estimate of drug-likeness (QED) is 0.618. The third-order valence-corrected chi connectivity index (χ3v) is 4.71. The van der Waals surface area contributed by atoms with Crippen LogP contribution in [0.25, 0.3) is 11.1 Å². The largest absolute Gasteiger partial charge is 0.0587 e. The molecule has 0 bridgehead atoms. The molecule has 1 aliphatic rings. The van der Waals surface area contributed by atoms with Gasteiger partial charge in [0, 0.05) is 5.92 Å². The zero-order valence-electron chi connectivity index (χ0n) is 13.2. The Labute approximate surface area is 122 Å². The molecular weight excluding hydrogens is 240 g/mol. The smallest absolute Gasteiger partial charge is 0.00735 e. The van der Waals surface area contributed by atoms with Crippen LogP contribution in [0.3, 0.4) is 0 Å². The van der Waals surface area contributed by atoms with E-state index in [1.807, 2.05) is 0 Å². The first-order chi connectivity index (χ1) is 9.49. The highest BCUT2D eigenvalue weighted by Crippen LogP contribution is 2.46. The lowest BCUT2D eigenvalue weighted by molar-refractivity contribution is 0.850. The van der Waals surface area contributed by atoms with E-state index in [0.717, 1.165) is 0 Å². The van der Waals surface area contributed by atoms with Crippen molar-refractivity contribution in [3.8, 4) is 11.1 Å². The lowest BCUT2D eigenvalue weighted by atomic mass is 9.93. The van der Waals surface area contributed by atoms with Gasteiger partial charge in [-0.15, -0.1) is 0 Å². The molecule has 0 nitrogen and oxygen atoms in total. The summed E-state index contributed by atoms with van der Waals surface area (Å²) in [5, 5.41) is 0. The van der Waals surface area contributed by atoms with Crippen LogP contribution in [0.2, 0.25) is 0 Å². The average molecular weight is 264 g/mol. The SMILES string of the molecule is CC(C)c1ccc2c(c1)C(C)c1cc(C(C)C)ccc1-2. The van der Waals surface area contributed by atoms with E-state index in [1.165, 1.54) is 33.4 Å².